The fourth-order valence-corrected chi connectivity index (χ4v) is 3.82. The van der Waals surface area contributed by atoms with E-state index >= 15 is 0 Å². The Morgan fingerprint density at radius 1 is 1.07 bits per heavy atom. The van der Waals surface area contributed by atoms with E-state index in [-0.39, 0.29) is 11.8 Å². The Labute approximate surface area is 179 Å². The molecular weight excluding hydrogens is 380 g/mol. The molecule has 3 rings (SSSR count). The van der Waals surface area contributed by atoms with Gasteiger partial charge in [-0.15, -0.1) is 0 Å². The van der Waals surface area contributed by atoms with Gasteiger partial charge in [-0.1, -0.05) is 32.0 Å². The minimum Gasteiger partial charge on any atom is -0.496 e. The molecule has 2 aromatic rings. The van der Waals surface area contributed by atoms with E-state index in [0.29, 0.717) is 30.8 Å². The van der Waals surface area contributed by atoms with Crippen molar-refractivity contribution in [1.82, 2.24) is 9.80 Å². The van der Waals surface area contributed by atoms with Crippen LogP contribution in [0.4, 0.5) is 0 Å². The summed E-state index contributed by atoms with van der Waals surface area (Å²) < 4.78 is 11.0. The Bertz CT molecular complexity index is 924. The van der Waals surface area contributed by atoms with Gasteiger partial charge in [0, 0.05) is 25.6 Å². The lowest BCUT2D eigenvalue weighted by Gasteiger charge is -2.20. The van der Waals surface area contributed by atoms with E-state index in [9.17, 15) is 9.90 Å². The van der Waals surface area contributed by atoms with Crippen LogP contribution in [-0.4, -0.2) is 55.4 Å². The van der Waals surface area contributed by atoms with Gasteiger partial charge in [0.25, 0.3) is 5.91 Å². The molecule has 0 bridgehead atoms. The van der Waals surface area contributed by atoms with Crippen molar-refractivity contribution in [2.45, 2.75) is 45.5 Å². The van der Waals surface area contributed by atoms with Crippen molar-refractivity contribution in [3.63, 3.8) is 0 Å². The van der Waals surface area contributed by atoms with Gasteiger partial charge in [0.2, 0.25) is 0 Å². The second kappa shape index (κ2) is 9.06. The molecule has 1 aliphatic heterocycles. The van der Waals surface area contributed by atoms with Gasteiger partial charge in [-0.05, 0) is 48.3 Å². The SMILES string of the molecule is COc1cc(OC)c(C(C)C)cc1C(=O)N1Cc2ccc(CC(O)N(C)C)cc2C1. The summed E-state index contributed by atoms with van der Waals surface area (Å²) in [6.07, 6.45) is 0.0263. The van der Waals surface area contributed by atoms with Crippen LogP contribution in [-0.2, 0) is 19.5 Å². The lowest BCUT2D eigenvalue weighted by atomic mass is 9.98. The number of methoxy groups -OCH3 is 2. The first-order valence-corrected chi connectivity index (χ1v) is 10.3. The molecule has 1 amide bonds. The second-order valence-corrected chi connectivity index (χ2v) is 8.36. The molecule has 2 aromatic carbocycles. The van der Waals surface area contributed by atoms with E-state index in [4.69, 9.17) is 9.47 Å². The van der Waals surface area contributed by atoms with Crippen molar-refractivity contribution < 1.29 is 19.4 Å². The number of ether oxygens (including phenoxy) is 2. The van der Waals surface area contributed by atoms with Gasteiger partial charge >= 0.3 is 0 Å². The first kappa shape index (κ1) is 22.1. The van der Waals surface area contributed by atoms with Crippen molar-refractivity contribution in [3.8, 4) is 11.5 Å². The van der Waals surface area contributed by atoms with Gasteiger partial charge < -0.3 is 19.5 Å². The molecule has 6 nitrogen and oxygen atoms in total. The summed E-state index contributed by atoms with van der Waals surface area (Å²) in [6.45, 7) is 5.27. The van der Waals surface area contributed by atoms with Crippen molar-refractivity contribution >= 4 is 5.91 Å². The molecule has 6 heteroatoms. The maximum absolute atomic E-state index is 13.4. The zero-order valence-corrected chi connectivity index (χ0v) is 18.7. The molecule has 1 unspecified atom stereocenters. The zero-order valence-electron chi connectivity index (χ0n) is 18.7. The van der Waals surface area contributed by atoms with Crippen molar-refractivity contribution in [1.29, 1.82) is 0 Å². The zero-order chi connectivity index (χ0) is 22.0. The molecule has 1 heterocycles. The van der Waals surface area contributed by atoms with Gasteiger partial charge in [-0.2, -0.15) is 0 Å². The Balaban J connectivity index is 1.85. The predicted molar refractivity (Wildman–Crippen MR) is 117 cm³/mol. The highest BCUT2D eigenvalue weighted by atomic mass is 16.5. The third kappa shape index (κ3) is 4.45. The topological polar surface area (TPSA) is 62.2 Å². The number of aliphatic hydroxyl groups is 1. The fraction of sp³-hybridized carbons (Fsp3) is 0.458. The van der Waals surface area contributed by atoms with Gasteiger partial charge in [-0.25, -0.2) is 0 Å². The van der Waals surface area contributed by atoms with E-state index in [1.807, 2.05) is 31.1 Å². The maximum Gasteiger partial charge on any atom is 0.258 e. The van der Waals surface area contributed by atoms with Crippen LogP contribution in [0.15, 0.2) is 30.3 Å². The van der Waals surface area contributed by atoms with Crippen LogP contribution in [0.25, 0.3) is 0 Å². The number of carbonyl (C=O) groups is 1. The smallest absolute Gasteiger partial charge is 0.258 e. The number of fused-ring (bicyclic) bond motifs is 1. The highest BCUT2D eigenvalue weighted by molar-refractivity contribution is 5.97. The van der Waals surface area contributed by atoms with E-state index in [0.717, 1.165) is 28.0 Å². The molecule has 0 radical (unpaired) electrons. The van der Waals surface area contributed by atoms with Gasteiger partial charge in [0.05, 0.1) is 19.8 Å². The third-order valence-corrected chi connectivity index (χ3v) is 5.70. The largest absolute Gasteiger partial charge is 0.496 e. The van der Waals surface area contributed by atoms with Crippen LogP contribution in [0.1, 0.15) is 52.4 Å². The highest BCUT2D eigenvalue weighted by Gasteiger charge is 2.28. The molecule has 0 spiro atoms. The molecule has 0 saturated carbocycles. The molecule has 30 heavy (non-hydrogen) atoms. The summed E-state index contributed by atoms with van der Waals surface area (Å²) in [7, 11) is 6.91. The van der Waals surface area contributed by atoms with Crippen LogP contribution >= 0.6 is 0 Å². The quantitative estimate of drug-likeness (QED) is 0.706. The number of benzene rings is 2. The molecule has 0 aromatic heterocycles. The highest BCUT2D eigenvalue weighted by Crippen LogP contribution is 2.35. The minimum absolute atomic E-state index is 0.0533. The summed E-state index contributed by atoms with van der Waals surface area (Å²) in [4.78, 5) is 17.0. The van der Waals surface area contributed by atoms with Crippen molar-refractivity contribution in [2.75, 3.05) is 28.3 Å². The molecule has 0 fully saturated rings. The van der Waals surface area contributed by atoms with Crippen molar-refractivity contribution in [2.24, 2.45) is 0 Å². The first-order valence-electron chi connectivity index (χ1n) is 10.3. The molecule has 0 aliphatic carbocycles. The van der Waals surface area contributed by atoms with Crippen LogP contribution in [0, 0.1) is 0 Å². The van der Waals surface area contributed by atoms with Crippen LogP contribution in [0.5, 0.6) is 11.5 Å². The summed E-state index contributed by atoms with van der Waals surface area (Å²) in [5.41, 5.74) is 4.87. The predicted octanol–water partition coefficient (Wildman–Crippen LogP) is 3.41. The van der Waals surface area contributed by atoms with Crippen LogP contribution in [0.2, 0.25) is 0 Å². The van der Waals surface area contributed by atoms with Gasteiger partial charge in [0.15, 0.2) is 0 Å². The van der Waals surface area contributed by atoms with Gasteiger partial charge in [0.1, 0.15) is 17.7 Å². The second-order valence-electron chi connectivity index (χ2n) is 8.36. The van der Waals surface area contributed by atoms with Crippen LogP contribution in [0.3, 0.4) is 0 Å². The normalized spacial score (nSPS) is 14.2. The lowest BCUT2D eigenvalue weighted by Crippen LogP contribution is -2.29. The number of hydrogen-bond donors (Lipinski definition) is 1. The summed E-state index contributed by atoms with van der Waals surface area (Å²) in [5.74, 6) is 1.42. The molecule has 1 atom stereocenters. The number of likely N-dealkylation sites (N-methyl/N-ethyl adjacent to an activating group) is 1. The molecule has 0 saturated heterocycles. The standard InChI is InChI=1S/C24H32N2O4/c1-15(2)19-11-20(22(30-6)12-21(19)29-5)24(28)26-13-17-8-7-16(9-18(17)14-26)10-23(27)25(3)4/h7-9,11-12,15,23,27H,10,13-14H2,1-6H3. The summed E-state index contributed by atoms with van der Waals surface area (Å²) >= 11 is 0. The molecule has 1 N–H and O–H groups in total. The van der Waals surface area contributed by atoms with E-state index < -0.39 is 6.23 Å². The Kier molecular flexibility index (Phi) is 6.68. The first-order chi connectivity index (χ1) is 14.2. The Morgan fingerprint density at radius 2 is 1.73 bits per heavy atom. The van der Waals surface area contributed by atoms with E-state index in [1.54, 1.807) is 25.2 Å². The Morgan fingerprint density at radius 3 is 2.33 bits per heavy atom. The van der Waals surface area contributed by atoms with Crippen molar-refractivity contribution in [3.05, 3.63) is 58.1 Å². The van der Waals surface area contributed by atoms with E-state index in [1.165, 1.54) is 0 Å². The third-order valence-electron chi connectivity index (χ3n) is 5.70. The number of aliphatic hydroxyl groups excluding tert-OH is 1. The van der Waals surface area contributed by atoms with Gasteiger partial charge in [-0.3, -0.25) is 9.69 Å². The number of rotatable bonds is 7. The lowest BCUT2D eigenvalue weighted by molar-refractivity contribution is 0.0412. The number of carbonyl (C=O) groups excluding carboxylic acids is 1. The average molecular weight is 413 g/mol. The number of amides is 1. The van der Waals surface area contributed by atoms with Crippen LogP contribution < -0.4 is 9.47 Å². The number of hydrogen-bond acceptors (Lipinski definition) is 5. The summed E-state index contributed by atoms with van der Waals surface area (Å²) in [5, 5.41) is 10.1. The molecule has 162 valence electrons. The molecule has 1 aliphatic rings. The summed E-state index contributed by atoms with van der Waals surface area (Å²) in [6, 6.07) is 9.88. The number of nitrogens with zero attached hydrogens (tertiary/aromatic N) is 2. The monoisotopic (exact) mass is 412 g/mol. The minimum atomic E-state index is -0.528. The average Bonchev–Trinajstić information content (AvgIpc) is 3.15. The van der Waals surface area contributed by atoms with E-state index in [2.05, 4.69) is 26.0 Å². The maximum atomic E-state index is 13.4. The fourth-order valence-electron chi connectivity index (χ4n) is 3.82. The molecular formula is C24H32N2O4. The Hall–Kier alpha value is -2.57.